The first-order valence-corrected chi connectivity index (χ1v) is 12.3. The largest absolute Gasteiger partial charge is 0.333 e. The number of carbonyl (C=O) groups is 1. The van der Waals surface area contributed by atoms with E-state index in [2.05, 4.69) is 10.3 Å². The first-order valence-electron chi connectivity index (χ1n) is 10.6. The van der Waals surface area contributed by atoms with Gasteiger partial charge in [-0.3, -0.25) is 0 Å². The van der Waals surface area contributed by atoms with E-state index >= 15 is 0 Å². The summed E-state index contributed by atoms with van der Waals surface area (Å²) in [4.78, 5) is 18.8. The molecule has 0 aliphatic heterocycles. The van der Waals surface area contributed by atoms with Gasteiger partial charge in [0.15, 0.2) is 0 Å². The average molecular weight is 449 g/mol. The van der Waals surface area contributed by atoms with Crippen molar-refractivity contribution in [3.8, 4) is 0 Å². The van der Waals surface area contributed by atoms with E-state index in [0.29, 0.717) is 5.69 Å². The van der Waals surface area contributed by atoms with Gasteiger partial charge in [-0.25, -0.2) is 18.2 Å². The normalized spacial score (nSPS) is 12.5. The van der Waals surface area contributed by atoms with Gasteiger partial charge < -0.3 is 14.8 Å². The van der Waals surface area contributed by atoms with E-state index in [0.717, 1.165) is 11.1 Å². The number of sulfone groups is 1. The van der Waals surface area contributed by atoms with E-state index in [9.17, 15) is 13.2 Å². The second-order valence-corrected chi connectivity index (χ2v) is 11.5. The minimum Gasteiger partial charge on any atom is -0.333 e. The Kier molecular flexibility index (Phi) is 7.57. The predicted octanol–water partition coefficient (Wildman–Crippen LogP) is 4.46. The van der Waals surface area contributed by atoms with Gasteiger partial charge in [-0.1, -0.05) is 29.8 Å². The second-order valence-electron chi connectivity index (χ2n) is 9.64. The SMILES string of the molecule is Cc1ccc(CS(=O)(=O)c2ncc(CN(C(=O)NC(C)(C)C)C(C)C)n2C(C)C)cc1. The summed E-state index contributed by atoms with van der Waals surface area (Å²) in [7, 11) is -3.65. The summed E-state index contributed by atoms with van der Waals surface area (Å²) in [6.45, 7) is 15.7. The highest BCUT2D eigenvalue weighted by molar-refractivity contribution is 7.90. The molecule has 8 heteroatoms. The van der Waals surface area contributed by atoms with Crippen molar-refractivity contribution >= 4 is 15.9 Å². The Hall–Kier alpha value is -2.35. The van der Waals surface area contributed by atoms with E-state index in [1.54, 1.807) is 15.7 Å². The summed E-state index contributed by atoms with van der Waals surface area (Å²) in [6.07, 6.45) is 1.57. The molecule has 0 aliphatic carbocycles. The number of aryl methyl sites for hydroxylation is 1. The van der Waals surface area contributed by atoms with Gasteiger partial charge in [-0.15, -0.1) is 0 Å². The van der Waals surface area contributed by atoms with Gasteiger partial charge in [0.2, 0.25) is 15.0 Å². The molecular weight excluding hydrogens is 412 g/mol. The van der Waals surface area contributed by atoms with Crippen LogP contribution in [0.1, 0.15) is 71.3 Å². The number of carbonyl (C=O) groups excluding carboxylic acids is 1. The molecule has 0 radical (unpaired) electrons. The average Bonchev–Trinajstić information content (AvgIpc) is 3.04. The minimum absolute atomic E-state index is 0.0398. The molecule has 0 fully saturated rings. The molecule has 1 heterocycles. The fourth-order valence-corrected chi connectivity index (χ4v) is 4.90. The highest BCUT2D eigenvalue weighted by Crippen LogP contribution is 2.23. The van der Waals surface area contributed by atoms with Crippen molar-refractivity contribution in [3.63, 3.8) is 0 Å². The van der Waals surface area contributed by atoms with E-state index in [-0.39, 0.29) is 41.1 Å². The number of imidazole rings is 1. The van der Waals surface area contributed by atoms with Crippen molar-refractivity contribution < 1.29 is 13.2 Å². The molecule has 31 heavy (non-hydrogen) atoms. The molecule has 1 aromatic heterocycles. The lowest BCUT2D eigenvalue weighted by Crippen LogP contribution is -2.50. The summed E-state index contributed by atoms with van der Waals surface area (Å²) >= 11 is 0. The van der Waals surface area contributed by atoms with Crippen LogP contribution in [0, 0.1) is 6.92 Å². The number of aromatic nitrogens is 2. The Balaban J connectivity index is 2.38. The third kappa shape index (κ3) is 6.56. The number of rotatable bonds is 7. The predicted molar refractivity (Wildman–Crippen MR) is 124 cm³/mol. The van der Waals surface area contributed by atoms with Crippen molar-refractivity contribution in [2.75, 3.05) is 0 Å². The quantitative estimate of drug-likeness (QED) is 0.677. The van der Waals surface area contributed by atoms with Crippen molar-refractivity contribution in [3.05, 3.63) is 47.3 Å². The molecule has 2 amide bonds. The number of nitrogens with zero attached hydrogens (tertiary/aromatic N) is 3. The molecule has 0 saturated heterocycles. The van der Waals surface area contributed by atoms with Crippen molar-refractivity contribution in [2.45, 2.75) is 90.5 Å². The molecule has 0 atom stereocenters. The molecule has 0 aliphatic rings. The Bertz CT molecular complexity index is 1000. The number of benzene rings is 1. The first kappa shape index (κ1) is 24.9. The van der Waals surface area contributed by atoms with Crippen LogP contribution in [-0.4, -0.2) is 40.5 Å². The van der Waals surface area contributed by atoms with Gasteiger partial charge in [-0.2, -0.15) is 0 Å². The zero-order chi connectivity index (χ0) is 23.6. The van der Waals surface area contributed by atoms with E-state index < -0.39 is 9.84 Å². The van der Waals surface area contributed by atoms with Gasteiger partial charge in [0, 0.05) is 17.6 Å². The smallest absolute Gasteiger partial charge is 0.318 e. The standard InChI is InChI=1S/C23H36N4O3S/c1-16(2)26(21(28)25-23(6,7)8)14-20-13-24-22(27(20)17(3)4)31(29,30)15-19-11-9-18(5)10-12-19/h9-13,16-17H,14-15H2,1-8H3,(H,25,28). The number of amides is 2. The monoisotopic (exact) mass is 448 g/mol. The molecular formula is C23H36N4O3S. The maximum absolute atomic E-state index is 13.2. The van der Waals surface area contributed by atoms with E-state index in [1.165, 1.54) is 0 Å². The van der Waals surface area contributed by atoms with Crippen molar-refractivity contribution in [1.29, 1.82) is 0 Å². The fourth-order valence-electron chi connectivity index (χ4n) is 3.30. The highest BCUT2D eigenvalue weighted by Gasteiger charge is 2.28. The third-order valence-corrected chi connectivity index (χ3v) is 6.38. The number of hydrogen-bond donors (Lipinski definition) is 1. The van der Waals surface area contributed by atoms with E-state index in [4.69, 9.17) is 0 Å². The molecule has 1 N–H and O–H groups in total. The Labute approximate surface area is 186 Å². The van der Waals surface area contributed by atoms with Crippen molar-refractivity contribution in [1.82, 2.24) is 19.8 Å². The fraction of sp³-hybridized carbons (Fsp3) is 0.565. The lowest BCUT2D eigenvalue weighted by atomic mass is 10.1. The minimum atomic E-state index is -3.65. The van der Waals surface area contributed by atoms with Gasteiger partial charge in [-0.05, 0) is 61.0 Å². The van der Waals surface area contributed by atoms with Crippen molar-refractivity contribution in [2.24, 2.45) is 0 Å². The molecule has 0 bridgehead atoms. The Morgan fingerprint density at radius 1 is 1.13 bits per heavy atom. The summed E-state index contributed by atoms with van der Waals surface area (Å²) < 4.78 is 28.1. The molecule has 0 saturated carbocycles. The van der Waals surface area contributed by atoms with Crippen LogP contribution in [0.15, 0.2) is 35.6 Å². The molecule has 2 rings (SSSR count). The number of nitrogens with one attached hydrogen (secondary N) is 1. The van der Waals surface area contributed by atoms with Gasteiger partial charge in [0.25, 0.3) is 0 Å². The second kappa shape index (κ2) is 9.42. The summed E-state index contributed by atoms with van der Waals surface area (Å²) in [6, 6.07) is 7.08. The van der Waals surface area contributed by atoms with Crippen LogP contribution in [0.25, 0.3) is 0 Å². The lowest BCUT2D eigenvalue weighted by molar-refractivity contribution is 0.169. The highest BCUT2D eigenvalue weighted by atomic mass is 32.2. The van der Waals surface area contributed by atoms with Crippen LogP contribution < -0.4 is 5.32 Å². The maximum atomic E-state index is 13.2. The molecule has 1 aromatic carbocycles. The van der Waals surface area contributed by atoms with Crippen LogP contribution in [0.2, 0.25) is 0 Å². The zero-order valence-corrected chi connectivity index (χ0v) is 20.7. The maximum Gasteiger partial charge on any atom is 0.318 e. The van der Waals surface area contributed by atoms with Crippen LogP contribution >= 0.6 is 0 Å². The van der Waals surface area contributed by atoms with Crippen LogP contribution in [-0.2, 0) is 22.1 Å². The van der Waals surface area contributed by atoms with Gasteiger partial charge in [0.1, 0.15) is 0 Å². The van der Waals surface area contributed by atoms with Crippen LogP contribution in [0.3, 0.4) is 0 Å². The summed E-state index contributed by atoms with van der Waals surface area (Å²) in [5.74, 6) is -0.116. The lowest BCUT2D eigenvalue weighted by Gasteiger charge is -2.31. The van der Waals surface area contributed by atoms with Crippen LogP contribution in [0.5, 0.6) is 0 Å². The van der Waals surface area contributed by atoms with Gasteiger partial charge in [0.05, 0.1) is 24.2 Å². The Morgan fingerprint density at radius 3 is 2.19 bits per heavy atom. The molecule has 7 nitrogen and oxygen atoms in total. The van der Waals surface area contributed by atoms with Gasteiger partial charge >= 0.3 is 6.03 Å². The number of urea groups is 1. The van der Waals surface area contributed by atoms with E-state index in [1.807, 2.05) is 79.7 Å². The molecule has 172 valence electrons. The topological polar surface area (TPSA) is 84.3 Å². The van der Waals surface area contributed by atoms with Crippen LogP contribution in [0.4, 0.5) is 4.79 Å². The zero-order valence-electron chi connectivity index (χ0n) is 19.9. The molecule has 2 aromatic rings. The summed E-state index contributed by atoms with van der Waals surface area (Å²) in [5, 5.41) is 3.02. The molecule has 0 unspecified atom stereocenters. The number of hydrogen-bond acceptors (Lipinski definition) is 4. The third-order valence-electron chi connectivity index (χ3n) is 4.81. The summed E-state index contributed by atoms with van der Waals surface area (Å²) in [5.41, 5.74) is 2.12. The molecule has 0 spiro atoms. The first-order chi connectivity index (χ1) is 14.2. The Morgan fingerprint density at radius 2 is 1.71 bits per heavy atom.